The third-order valence-electron chi connectivity index (χ3n) is 2.28. The van der Waals surface area contributed by atoms with Gasteiger partial charge in [-0.2, -0.15) is 0 Å². The highest BCUT2D eigenvalue weighted by molar-refractivity contribution is 7.80. The van der Waals surface area contributed by atoms with Gasteiger partial charge in [-0.15, -0.1) is 12.8 Å². The van der Waals surface area contributed by atoms with Crippen LogP contribution in [0.4, 0.5) is 5.69 Å². The van der Waals surface area contributed by atoms with Gasteiger partial charge in [0.1, 0.15) is 0 Å². The Labute approximate surface area is 101 Å². The molecule has 0 aromatic heterocycles. The minimum absolute atomic E-state index is 0.802. The highest BCUT2D eigenvalue weighted by Gasteiger charge is 2.13. The minimum atomic E-state index is 0.802. The molecule has 1 heterocycles. The SMILES string of the molecule is C#C.Cc1cc2c(cc1Cl)NC(=S)CC2. The standard InChI is InChI=1S/C10H10ClNS.C2H2/c1-6-4-7-2-3-10(13)12-9(7)5-8(6)11;1-2/h4-5H,2-3H2,1H3,(H,12,13);1-2H. The van der Waals surface area contributed by atoms with Crippen molar-refractivity contribution in [2.24, 2.45) is 0 Å². The summed E-state index contributed by atoms with van der Waals surface area (Å²) in [6, 6.07) is 4.09. The molecule has 0 amide bonds. The average Bonchev–Trinajstić information content (AvgIpc) is 2.23. The van der Waals surface area contributed by atoms with Crippen molar-refractivity contribution in [3.8, 4) is 12.8 Å². The van der Waals surface area contributed by atoms with Gasteiger partial charge in [-0.1, -0.05) is 29.9 Å². The number of benzene rings is 1. The molecular formula is C12H12ClNS. The number of fused-ring (bicyclic) bond motifs is 1. The second-order valence-electron chi connectivity index (χ2n) is 3.31. The van der Waals surface area contributed by atoms with Crippen LogP contribution < -0.4 is 5.32 Å². The zero-order chi connectivity index (χ0) is 11.4. The summed E-state index contributed by atoms with van der Waals surface area (Å²) in [5.41, 5.74) is 3.53. The quantitative estimate of drug-likeness (QED) is 0.547. The molecule has 0 saturated heterocycles. The fraction of sp³-hybridized carbons (Fsp3) is 0.250. The molecule has 1 N–H and O–H groups in total. The lowest BCUT2D eigenvalue weighted by Gasteiger charge is -2.19. The third-order valence-corrected chi connectivity index (χ3v) is 2.99. The Hall–Kier alpha value is -1.04. The van der Waals surface area contributed by atoms with Crippen LogP contribution in [0.3, 0.4) is 0 Å². The number of anilines is 1. The molecule has 0 bridgehead atoms. The lowest BCUT2D eigenvalue weighted by atomic mass is 10.0. The summed E-state index contributed by atoms with van der Waals surface area (Å²) in [5, 5.41) is 3.98. The van der Waals surface area contributed by atoms with Crippen LogP contribution in [0.15, 0.2) is 12.1 Å². The maximum absolute atomic E-state index is 6.01. The topological polar surface area (TPSA) is 12.0 Å². The van der Waals surface area contributed by atoms with E-state index in [1.807, 2.05) is 13.0 Å². The van der Waals surface area contributed by atoms with E-state index in [0.717, 1.165) is 34.1 Å². The molecule has 3 heteroatoms. The summed E-state index contributed by atoms with van der Waals surface area (Å²) in [5.74, 6) is 0. The number of halogens is 1. The Bertz CT molecular complexity index is 410. The number of hydrogen-bond donors (Lipinski definition) is 1. The van der Waals surface area contributed by atoms with Crippen LogP contribution in [0.5, 0.6) is 0 Å². The molecule has 1 aliphatic heterocycles. The molecule has 78 valence electrons. The van der Waals surface area contributed by atoms with Gasteiger partial charge in [-0.05, 0) is 30.5 Å². The maximum atomic E-state index is 6.01. The molecule has 1 aromatic carbocycles. The van der Waals surface area contributed by atoms with E-state index >= 15 is 0 Å². The molecule has 1 nitrogen and oxygen atoms in total. The molecule has 0 spiro atoms. The molecule has 0 aliphatic carbocycles. The van der Waals surface area contributed by atoms with Crippen molar-refractivity contribution in [1.29, 1.82) is 0 Å². The van der Waals surface area contributed by atoms with Crippen molar-refractivity contribution in [1.82, 2.24) is 0 Å². The zero-order valence-electron chi connectivity index (χ0n) is 8.51. The zero-order valence-corrected chi connectivity index (χ0v) is 10.1. The first-order valence-electron chi connectivity index (χ1n) is 4.59. The second-order valence-corrected chi connectivity index (χ2v) is 4.21. The van der Waals surface area contributed by atoms with Gasteiger partial charge < -0.3 is 5.32 Å². The number of aryl methyl sites for hydroxylation is 2. The van der Waals surface area contributed by atoms with E-state index in [1.165, 1.54) is 5.56 Å². The molecule has 0 saturated carbocycles. The van der Waals surface area contributed by atoms with Gasteiger partial charge in [0.2, 0.25) is 0 Å². The first-order chi connectivity index (χ1) is 7.16. The van der Waals surface area contributed by atoms with Gasteiger partial charge in [0.25, 0.3) is 0 Å². The Balaban J connectivity index is 0.000000531. The molecule has 0 unspecified atom stereocenters. The summed E-state index contributed by atoms with van der Waals surface area (Å²) in [7, 11) is 0. The fourth-order valence-electron chi connectivity index (χ4n) is 1.53. The Morgan fingerprint density at radius 1 is 1.33 bits per heavy atom. The maximum Gasteiger partial charge on any atom is 0.0800 e. The van der Waals surface area contributed by atoms with E-state index in [9.17, 15) is 0 Å². The highest BCUT2D eigenvalue weighted by atomic mass is 35.5. The predicted octanol–water partition coefficient (Wildman–Crippen LogP) is 3.58. The van der Waals surface area contributed by atoms with Crippen LogP contribution in [0, 0.1) is 19.8 Å². The molecule has 1 aromatic rings. The summed E-state index contributed by atoms with van der Waals surface area (Å²) in [6.07, 6.45) is 9.97. The molecule has 2 rings (SSSR count). The van der Waals surface area contributed by atoms with Crippen LogP contribution >= 0.6 is 23.8 Å². The van der Waals surface area contributed by atoms with Gasteiger partial charge in [-0.25, -0.2) is 0 Å². The average molecular weight is 238 g/mol. The summed E-state index contributed by atoms with van der Waals surface area (Å²) in [4.78, 5) is 0.910. The van der Waals surface area contributed by atoms with Crippen molar-refractivity contribution in [3.05, 3.63) is 28.3 Å². The van der Waals surface area contributed by atoms with Crippen molar-refractivity contribution in [2.75, 3.05) is 5.32 Å². The number of thiocarbonyl (C=S) groups is 1. The second kappa shape index (κ2) is 5.16. The number of nitrogens with one attached hydrogen (secondary N) is 1. The molecule has 15 heavy (non-hydrogen) atoms. The van der Waals surface area contributed by atoms with E-state index in [4.69, 9.17) is 23.8 Å². The molecular weight excluding hydrogens is 226 g/mol. The summed E-state index contributed by atoms with van der Waals surface area (Å²) in [6.45, 7) is 2.02. The van der Waals surface area contributed by atoms with Gasteiger partial charge in [0.05, 0.1) is 4.99 Å². The van der Waals surface area contributed by atoms with Crippen LogP contribution in [0.25, 0.3) is 0 Å². The highest BCUT2D eigenvalue weighted by Crippen LogP contribution is 2.28. The number of rotatable bonds is 0. The molecule has 0 atom stereocenters. The van der Waals surface area contributed by atoms with E-state index < -0.39 is 0 Å². The predicted molar refractivity (Wildman–Crippen MR) is 70.6 cm³/mol. The van der Waals surface area contributed by atoms with E-state index in [-0.39, 0.29) is 0 Å². The van der Waals surface area contributed by atoms with Crippen LogP contribution in [0.1, 0.15) is 17.5 Å². The van der Waals surface area contributed by atoms with Crippen LogP contribution in [0.2, 0.25) is 5.02 Å². The molecule has 1 aliphatic rings. The van der Waals surface area contributed by atoms with Crippen molar-refractivity contribution in [3.63, 3.8) is 0 Å². The molecule has 0 fully saturated rings. The van der Waals surface area contributed by atoms with Crippen molar-refractivity contribution < 1.29 is 0 Å². The Morgan fingerprint density at radius 2 is 2.00 bits per heavy atom. The first kappa shape index (κ1) is 12.0. The number of terminal acetylenes is 1. The van der Waals surface area contributed by atoms with Crippen molar-refractivity contribution in [2.45, 2.75) is 19.8 Å². The van der Waals surface area contributed by atoms with Gasteiger partial charge in [0, 0.05) is 17.1 Å². The third kappa shape index (κ3) is 2.71. The minimum Gasteiger partial charge on any atom is -0.350 e. The van der Waals surface area contributed by atoms with Gasteiger partial charge in [-0.3, -0.25) is 0 Å². The van der Waals surface area contributed by atoms with Crippen LogP contribution in [-0.2, 0) is 6.42 Å². The number of hydrogen-bond acceptors (Lipinski definition) is 1. The monoisotopic (exact) mass is 237 g/mol. The van der Waals surface area contributed by atoms with Gasteiger partial charge >= 0.3 is 0 Å². The smallest absolute Gasteiger partial charge is 0.0800 e. The van der Waals surface area contributed by atoms with Crippen molar-refractivity contribution >= 4 is 34.5 Å². The first-order valence-corrected chi connectivity index (χ1v) is 5.37. The fourth-order valence-corrected chi connectivity index (χ4v) is 1.90. The van der Waals surface area contributed by atoms with E-state index in [1.54, 1.807) is 0 Å². The normalized spacial score (nSPS) is 13.2. The summed E-state index contributed by atoms with van der Waals surface area (Å²) < 4.78 is 0. The molecule has 0 radical (unpaired) electrons. The lowest BCUT2D eigenvalue weighted by Crippen LogP contribution is -2.17. The van der Waals surface area contributed by atoms with Crippen LogP contribution in [-0.4, -0.2) is 4.99 Å². The Kier molecular flexibility index (Phi) is 4.14. The van der Waals surface area contributed by atoms with E-state index in [0.29, 0.717) is 0 Å². The Morgan fingerprint density at radius 3 is 2.67 bits per heavy atom. The summed E-state index contributed by atoms with van der Waals surface area (Å²) >= 11 is 11.1. The van der Waals surface area contributed by atoms with Gasteiger partial charge in [0.15, 0.2) is 0 Å². The lowest BCUT2D eigenvalue weighted by molar-refractivity contribution is 1.02. The van der Waals surface area contributed by atoms with E-state index in [2.05, 4.69) is 24.2 Å². The largest absolute Gasteiger partial charge is 0.350 e.